The maximum absolute atomic E-state index is 9.40. The SMILES string of the molecule is CCNC(=NCC1(CCO)CCCCC1)NCCCCOCC.I. The number of aliphatic hydroxyl groups excluding tert-OH is 1. The van der Waals surface area contributed by atoms with E-state index in [-0.39, 0.29) is 36.0 Å². The van der Waals surface area contributed by atoms with Crippen LogP contribution in [0.2, 0.25) is 0 Å². The zero-order valence-corrected chi connectivity index (χ0v) is 17.9. The number of aliphatic imine (C=N–C) groups is 1. The second-order valence-electron chi connectivity index (χ2n) is 6.56. The first kappa shape index (κ1) is 23.9. The van der Waals surface area contributed by atoms with Crippen LogP contribution in [0.15, 0.2) is 4.99 Å². The monoisotopic (exact) mass is 455 g/mol. The second-order valence-corrected chi connectivity index (χ2v) is 6.56. The summed E-state index contributed by atoms with van der Waals surface area (Å²) in [4.78, 5) is 4.81. The highest BCUT2D eigenvalue weighted by molar-refractivity contribution is 14.0. The van der Waals surface area contributed by atoms with Crippen LogP contribution in [0.5, 0.6) is 0 Å². The van der Waals surface area contributed by atoms with Crippen molar-refractivity contribution in [3.05, 3.63) is 0 Å². The maximum Gasteiger partial charge on any atom is 0.191 e. The molecule has 1 saturated carbocycles. The predicted molar refractivity (Wildman–Crippen MR) is 112 cm³/mol. The molecule has 24 heavy (non-hydrogen) atoms. The third kappa shape index (κ3) is 10.0. The van der Waals surface area contributed by atoms with Crippen molar-refractivity contribution in [3.8, 4) is 0 Å². The van der Waals surface area contributed by atoms with Gasteiger partial charge in [-0.15, -0.1) is 24.0 Å². The van der Waals surface area contributed by atoms with E-state index in [1.165, 1.54) is 32.1 Å². The third-order valence-electron chi connectivity index (χ3n) is 4.69. The molecule has 0 aliphatic heterocycles. The van der Waals surface area contributed by atoms with Crippen molar-refractivity contribution in [2.45, 2.75) is 65.2 Å². The van der Waals surface area contributed by atoms with E-state index in [0.717, 1.165) is 58.1 Å². The normalized spacial score (nSPS) is 17.2. The minimum atomic E-state index is 0. The number of unbranched alkanes of at least 4 members (excludes halogenated alkanes) is 1. The van der Waals surface area contributed by atoms with Gasteiger partial charge in [0, 0.05) is 39.5 Å². The molecular formula is C18H38IN3O2. The van der Waals surface area contributed by atoms with Crippen LogP contribution >= 0.6 is 24.0 Å². The fourth-order valence-corrected chi connectivity index (χ4v) is 3.29. The van der Waals surface area contributed by atoms with Crippen LogP contribution in [0.3, 0.4) is 0 Å². The van der Waals surface area contributed by atoms with E-state index in [1.807, 2.05) is 6.92 Å². The van der Waals surface area contributed by atoms with Gasteiger partial charge in [-0.05, 0) is 51.4 Å². The predicted octanol–water partition coefficient (Wildman–Crippen LogP) is 3.31. The highest BCUT2D eigenvalue weighted by Gasteiger charge is 2.31. The Bertz CT molecular complexity index is 316. The van der Waals surface area contributed by atoms with E-state index in [0.29, 0.717) is 0 Å². The summed E-state index contributed by atoms with van der Waals surface area (Å²) in [6, 6.07) is 0. The van der Waals surface area contributed by atoms with Crippen LogP contribution in [0.25, 0.3) is 0 Å². The highest BCUT2D eigenvalue weighted by Crippen LogP contribution is 2.39. The molecule has 0 atom stereocenters. The van der Waals surface area contributed by atoms with Gasteiger partial charge in [-0.2, -0.15) is 0 Å². The molecule has 1 fully saturated rings. The van der Waals surface area contributed by atoms with Crippen LogP contribution < -0.4 is 10.6 Å². The van der Waals surface area contributed by atoms with Crippen LogP contribution in [0.4, 0.5) is 0 Å². The molecule has 0 bridgehead atoms. The lowest BCUT2D eigenvalue weighted by molar-refractivity contribution is 0.137. The van der Waals surface area contributed by atoms with Crippen molar-refractivity contribution >= 4 is 29.9 Å². The third-order valence-corrected chi connectivity index (χ3v) is 4.69. The fourth-order valence-electron chi connectivity index (χ4n) is 3.29. The Hall–Kier alpha value is -0.0800. The number of nitrogens with one attached hydrogen (secondary N) is 2. The highest BCUT2D eigenvalue weighted by atomic mass is 127. The quantitative estimate of drug-likeness (QED) is 0.194. The Morgan fingerprint density at radius 1 is 1.12 bits per heavy atom. The first-order chi connectivity index (χ1) is 11.3. The van der Waals surface area contributed by atoms with Gasteiger partial charge in [-0.25, -0.2) is 0 Å². The van der Waals surface area contributed by atoms with Gasteiger partial charge < -0.3 is 20.5 Å². The first-order valence-corrected chi connectivity index (χ1v) is 9.47. The van der Waals surface area contributed by atoms with Crippen molar-refractivity contribution in [1.82, 2.24) is 10.6 Å². The zero-order valence-electron chi connectivity index (χ0n) is 15.6. The summed E-state index contributed by atoms with van der Waals surface area (Å²) in [6.45, 7) is 8.65. The summed E-state index contributed by atoms with van der Waals surface area (Å²) in [5, 5.41) is 16.2. The molecule has 144 valence electrons. The molecule has 0 heterocycles. The summed E-state index contributed by atoms with van der Waals surface area (Å²) >= 11 is 0. The number of aliphatic hydroxyl groups is 1. The Morgan fingerprint density at radius 3 is 2.50 bits per heavy atom. The minimum Gasteiger partial charge on any atom is -0.396 e. The number of nitrogens with zero attached hydrogens (tertiary/aromatic N) is 1. The van der Waals surface area contributed by atoms with Gasteiger partial charge in [-0.1, -0.05) is 19.3 Å². The summed E-state index contributed by atoms with van der Waals surface area (Å²) < 4.78 is 5.36. The van der Waals surface area contributed by atoms with E-state index in [2.05, 4.69) is 17.6 Å². The van der Waals surface area contributed by atoms with Crippen molar-refractivity contribution < 1.29 is 9.84 Å². The molecule has 0 aromatic carbocycles. The molecule has 1 rings (SSSR count). The number of hydrogen-bond donors (Lipinski definition) is 3. The van der Waals surface area contributed by atoms with Crippen molar-refractivity contribution in [1.29, 1.82) is 0 Å². The van der Waals surface area contributed by atoms with Crippen LogP contribution in [-0.2, 0) is 4.74 Å². The van der Waals surface area contributed by atoms with E-state index >= 15 is 0 Å². The first-order valence-electron chi connectivity index (χ1n) is 9.47. The van der Waals surface area contributed by atoms with Crippen molar-refractivity contribution in [2.75, 3.05) is 39.5 Å². The molecule has 0 amide bonds. The molecular weight excluding hydrogens is 417 g/mol. The lowest BCUT2D eigenvalue weighted by Gasteiger charge is -2.35. The average Bonchev–Trinajstić information content (AvgIpc) is 2.57. The summed E-state index contributed by atoms with van der Waals surface area (Å²) in [5.74, 6) is 0.909. The number of halogens is 1. The van der Waals surface area contributed by atoms with Gasteiger partial charge in [0.25, 0.3) is 0 Å². The summed E-state index contributed by atoms with van der Waals surface area (Å²) in [5.41, 5.74) is 0.213. The number of ether oxygens (including phenoxy) is 1. The van der Waals surface area contributed by atoms with Gasteiger partial charge >= 0.3 is 0 Å². The van der Waals surface area contributed by atoms with E-state index in [1.54, 1.807) is 0 Å². The van der Waals surface area contributed by atoms with Gasteiger partial charge in [0.15, 0.2) is 5.96 Å². The van der Waals surface area contributed by atoms with Crippen LogP contribution in [0.1, 0.15) is 65.2 Å². The van der Waals surface area contributed by atoms with Crippen molar-refractivity contribution in [3.63, 3.8) is 0 Å². The van der Waals surface area contributed by atoms with Crippen LogP contribution in [-0.4, -0.2) is 50.5 Å². The Labute approximate surface area is 165 Å². The molecule has 0 spiro atoms. The Kier molecular flexibility index (Phi) is 15.1. The van der Waals surface area contributed by atoms with Gasteiger partial charge in [0.05, 0.1) is 0 Å². The molecule has 1 aliphatic rings. The van der Waals surface area contributed by atoms with E-state index in [9.17, 15) is 5.11 Å². The number of rotatable bonds is 11. The second kappa shape index (κ2) is 15.2. The van der Waals surface area contributed by atoms with Gasteiger partial charge in [0.2, 0.25) is 0 Å². The maximum atomic E-state index is 9.40. The minimum absolute atomic E-state index is 0. The zero-order chi connectivity index (χ0) is 16.8. The molecule has 0 saturated heterocycles. The molecule has 0 aromatic heterocycles. The Balaban J connectivity index is 0.00000529. The molecule has 3 N–H and O–H groups in total. The topological polar surface area (TPSA) is 65.9 Å². The largest absolute Gasteiger partial charge is 0.396 e. The van der Waals surface area contributed by atoms with Gasteiger partial charge in [-0.3, -0.25) is 4.99 Å². The molecule has 6 heteroatoms. The van der Waals surface area contributed by atoms with Gasteiger partial charge in [0.1, 0.15) is 0 Å². The average molecular weight is 455 g/mol. The molecule has 5 nitrogen and oxygen atoms in total. The van der Waals surface area contributed by atoms with E-state index in [4.69, 9.17) is 9.73 Å². The fraction of sp³-hybridized carbons (Fsp3) is 0.944. The smallest absolute Gasteiger partial charge is 0.191 e. The number of hydrogen-bond acceptors (Lipinski definition) is 3. The molecule has 0 aromatic rings. The van der Waals surface area contributed by atoms with E-state index < -0.39 is 0 Å². The number of guanidine groups is 1. The lowest BCUT2D eigenvalue weighted by Crippen LogP contribution is -2.39. The van der Waals surface area contributed by atoms with Crippen molar-refractivity contribution in [2.24, 2.45) is 10.4 Å². The standard InChI is InChI=1S/C18H37N3O2.HI/c1-3-19-17(20-13-8-9-15-23-4-2)21-16-18(12-14-22)10-6-5-7-11-18;/h22H,3-16H2,1-2H3,(H2,19,20,21);1H. The van der Waals surface area contributed by atoms with Crippen LogP contribution in [0, 0.1) is 5.41 Å². The summed E-state index contributed by atoms with van der Waals surface area (Å²) in [6.07, 6.45) is 9.32. The summed E-state index contributed by atoms with van der Waals surface area (Å²) in [7, 11) is 0. The molecule has 0 unspecified atom stereocenters. The Morgan fingerprint density at radius 2 is 1.88 bits per heavy atom. The molecule has 1 aliphatic carbocycles. The lowest BCUT2D eigenvalue weighted by atomic mass is 9.72. The molecule has 0 radical (unpaired) electrons.